The van der Waals surface area contributed by atoms with Gasteiger partial charge in [-0.05, 0) is 36.8 Å². The zero-order valence-corrected chi connectivity index (χ0v) is 16.7. The fourth-order valence-corrected chi connectivity index (χ4v) is 3.23. The molecule has 1 amide bonds. The molecule has 0 aliphatic heterocycles. The number of carbonyl (C=O) groups excluding carboxylic acids is 1. The number of nitrogens with zero attached hydrogens (tertiary/aromatic N) is 7. The molecule has 9 nitrogen and oxygen atoms in total. The van der Waals surface area contributed by atoms with Gasteiger partial charge in [0.1, 0.15) is 18.2 Å². The number of benzene rings is 2. The number of aryl methyl sites for hydroxylation is 1. The average Bonchev–Trinajstić information content (AvgIpc) is 3.33. The fourth-order valence-electron chi connectivity index (χ4n) is 3.23. The molecule has 2 aromatic carbocycles. The highest BCUT2D eigenvalue weighted by Gasteiger charge is 2.18. The fraction of sp³-hybridized carbons (Fsp3) is 0.238. The van der Waals surface area contributed by atoms with Crippen molar-refractivity contribution >= 4 is 16.8 Å². The van der Waals surface area contributed by atoms with E-state index >= 15 is 0 Å². The SMILES string of the molecule is CC(c1ccc(-n2cncn2)cc1)N(C)C(=O)CCn1nnc2ccccc2c1=O. The molecule has 9 heteroatoms. The van der Waals surface area contributed by atoms with Crippen molar-refractivity contribution in [3.05, 3.63) is 77.1 Å². The minimum absolute atomic E-state index is 0.0790. The predicted octanol–water partition coefficient (Wildman–Crippen LogP) is 1.98. The molecule has 2 aromatic heterocycles. The van der Waals surface area contributed by atoms with E-state index in [4.69, 9.17) is 0 Å². The lowest BCUT2D eigenvalue weighted by Crippen LogP contribution is -2.32. The van der Waals surface area contributed by atoms with Gasteiger partial charge in [-0.15, -0.1) is 5.10 Å². The summed E-state index contributed by atoms with van der Waals surface area (Å²) in [5, 5.41) is 12.6. The summed E-state index contributed by atoms with van der Waals surface area (Å²) in [6.07, 6.45) is 3.27. The third kappa shape index (κ3) is 3.82. The Morgan fingerprint density at radius 1 is 1.13 bits per heavy atom. The second-order valence-electron chi connectivity index (χ2n) is 7.00. The van der Waals surface area contributed by atoms with Crippen molar-refractivity contribution in [1.29, 1.82) is 0 Å². The molecule has 4 aromatic rings. The van der Waals surface area contributed by atoms with Crippen molar-refractivity contribution in [2.75, 3.05) is 7.05 Å². The number of carbonyl (C=O) groups is 1. The van der Waals surface area contributed by atoms with E-state index in [2.05, 4.69) is 20.4 Å². The standard InChI is InChI=1S/C21H21N7O2/c1-15(16-7-9-17(10-8-16)28-14-22-13-23-28)26(2)20(29)11-12-27-21(30)18-5-3-4-6-19(18)24-25-27/h3-10,13-15H,11-12H2,1-2H3. The molecule has 0 aliphatic carbocycles. The van der Waals surface area contributed by atoms with Crippen LogP contribution >= 0.6 is 0 Å². The molecule has 152 valence electrons. The Bertz CT molecular complexity index is 1220. The molecule has 0 spiro atoms. The summed E-state index contributed by atoms with van der Waals surface area (Å²) < 4.78 is 2.91. The molecular formula is C21H21N7O2. The maximum Gasteiger partial charge on any atom is 0.277 e. The van der Waals surface area contributed by atoms with Crippen LogP contribution in [-0.4, -0.2) is 47.6 Å². The topological polar surface area (TPSA) is 98.8 Å². The van der Waals surface area contributed by atoms with E-state index in [1.54, 1.807) is 47.2 Å². The van der Waals surface area contributed by atoms with E-state index in [0.29, 0.717) is 10.9 Å². The second kappa shape index (κ2) is 8.24. The summed E-state index contributed by atoms with van der Waals surface area (Å²) >= 11 is 0. The molecule has 2 heterocycles. The van der Waals surface area contributed by atoms with Crippen molar-refractivity contribution in [3.63, 3.8) is 0 Å². The number of amides is 1. The monoisotopic (exact) mass is 403 g/mol. The number of fused-ring (bicyclic) bond motifs is 1. The Labute approximate surface area is 172 Å². The highest BCUT2D eigenvalue weighted by molar-refractivity contribution is 5.77. The van der Waals surface area contributed by atoms with Crippen LogP contribution in [0.25, 0.3) is 16.6 Å². The van der Waals surface area contributed by atoms with Gasteiger partial charge in [-0.3, -0.25) is 9.59 Å². The Balaban J connectivity index is 1.42. The number of rotatable bonds is 6. The molecule has 4 rings (SSSR count). The molecule has 30 heavy (non-hydrogen) atoms. The maximum atomic E-state index is 12.7. The van der Waals surface area contributed by atoms with Gasteiger partial charge in [0.2, 0.25) is 5.91 Å². The van der Waals surface area contributed by atoms with E-state index in [1.807, 2.05) is 31.2 Å². The third-order valence-electron chi connectivity index (χ3n) is 5.20. The molecule has 0 fully saturated rings. The minimum atomic E-state index is -0.243. The molecule has 0 saturated heterocycles. The summed E-state index contributed by atoms with van der Waals surface area (Å²) in [6, 6.07) is 14.7. The summed E-state index contributed by atoms with van der Waals surface area (Å²) in [4.78, 5) is 30.8. The van der Waals surface area contributed by atoms with E-state index < -0.39 is 0 Å². The summed E-state index contributed by atoms with van der Waals surface area (Å²) in [5.74, 6) is -0.0790. The lowest BCUT2D eigenvalue weighted by molar-refractivity contribution is -0.132. The first-order valence-corrected chi connectivity index (χ1v) is 9.58. The first-order chi connectivity index (χ1) is 14.5. The van der Waals surface area contributed by atoms with Crippen molar-refractivity contribution < 1.29 is 4.79 Å². The predicted molar refractivity (Wildman–Crippen MR) is 111 cm³/mol. The summed E-state index contributed by atoms with van der Waals surface area (Å²) in [5.41, 5.74) is 2.20. The van der Waals surface area contributed by atoms with Crippen molar-refractivity contribution in [2.45, 2.75) is 25.9 Å². The van der Waals surface area contributed by atoms with Crippen LogP contribution in [0.2, 0.25) is 0 Å². The zero-order valence-electron chi connectivity index (χ0n) is 16.7. The van der Waals surface area contributed by atoms with Crippen LogP contribution in [0.3, 0.4) is 0 Å². The molecule has 0 aliphatic rings. The number of hydrogen-bond acceptors (Lipinski definition) is 6. The minimum Gasteiger partial charge on any atom is -0.339 e. The van der Waals surface area contributed by atoms with Crippen LogP contribution in [0.1, 0.15) is 24.9 Å². The van der Waals surface area contributed by atoms with Gasteiger partial charge in [-0.25, -0.2) is 14.3 Å². The normalized spacial score (nSPS) is 12.1. The van der Waals surface area contributed by atoms with Crippen LogP contribution in [-0.2, 0) is 11.3 Å². The molecule has 1 atom stereocenters. The zero-order chi connectivity index (χ0) is 21.1. The van der Waals surface area contributed by atoms with Crippen molar-refractivity contribution in [3.8, 4) is 5.69 Å². The van der Waals surface area contributed by atoms with Gasteiger partial charge in [0.05, 0.1) is 23.7 Å². The van der Waals surface area contributed by atoms with Gasteiger partial charge in [-0.1, -0.05) is 29.5 Å². The van der Waals surface area contributed by atoms with E-state index in [9.17, 15) is 9.59 Å². The Kier molecular flexibility index (Phi) is 5.34. The first kappa shape index (κ1) is 19.4. The Hall–Kier alpha value is -3.88. The Morgan fingerprint density at radius 3 is 2.63 bits per heavy atom. The van der Waals surface area contributed by atoms with Crippen LogP contribution < -0.4 is 5.56 Å². The van der Waals surface area contributed by atoms with Gasteiger partial charge >= 0.3 is 0 Å². The summed E-state index contributed by atoms with van der Waals surface area (Å²) in [7, 11) is 1.76. The summed E-state index contributed by atoms with van der Waals surface area (Å²) in [6.45, 7) is 2.14. The maximum absolute atomic E-state index is 12.7. The molecular weight excluding hydrogens is 382 g/mol. The number of aromatic nitrogens is 6. The van der Waals surface area contributed by atoms with Gasteiger partial charge in [0.15, 0.2) is 0 Å². The third-order valence-corrected chi connectivity index (χ3v) is 5.20. The van der Waals surface area contributed by atoms with E-state index in [1.165, 1.54) is 11.0 Å². The highest BCUT2D eigenvalue weighted by atomic mass is 16.2. The van der Waals surface area contributed by atoms with Crippen LogP contribution in [0.5, 0.6) is 0 Å². The smallest absolute Gasteiger partial charge is 0.277 e. The first-order valence-electron chi connectivity index (χ1n) is 9.58. The quantitative estimate of drug-likeness (QED) is 0.488. The van der Waals surface area contributed by atoms with Gasteiger partial charge in [-0.2, -0.15) is 5.10 Å². The lowest BCUT2D eigenvalue weighted by atomic mass is 10.1. The average molecular weight is 403 g/mol. The van der Waals surface area contributed by atoms with Gasteiger partial charge in [0, 0.05) is 13.5 Å². The molecule has 0 saturated carbocycles. The highest BCUT2D eigenvalue weighted by Crippen LogP contribution is 2.21. The molecule has 0 N–H and O–H groups in total. The largest absolute Gasteiger partial charge is 0.339 e. The van der Waals surface area contributed by atoms with Crippen molar-refractivity contribution in [2.24, 2.45) is 0 Å². The second-order valence-corrected chi connectivity index (χ2v) is 7.00. The van der Waals surface area contributed by atoms with Crippen molar-refractivity contribution in [1.82, 2.24) is 34.7 Å². The van der Waals surface area contributed by atoms with Gasteiger partial charge < -0.3 is 4.90 Å². The number of hydrogen-bond donors (Lipinski definition) is 0. The molecule has 0 bridgehead atoms. The lowest BCUT2D eigenvalue weighted by Gasteiger charge is -2.25. The Morgan fingerprint density at radius 2 is 1.90 bits per heavy atom. The van der Waals surface area contributed by atoms with Crippen LogP contribution in [0.4, 0.5) is 0 Å². The molecule has 1 unspecified atom stereocenters. The van der Waals surface area contributed by atoms with E-state index in [-0.39, 0.29) is 30.5 Å². The van der Waals surface area contributed by atoms with Gasteiger partial charge in [0.25, 0.3) is 5.56 Å². The van der Waals surface area contributed by atoms with E-state index in [0.717, 1.165) is 11.3 Å². The van der Waals surface area contributed by atoms with Crippen LogP contribution in [0, 0.1) is 0 Å². The van der Waals surface area contributed by atoms with Crippen LogP contribution in [0.15, 0.2) is 66.0 Å². The molecule has 0 radical (unpaired) electrons.